The molecule has 0 aliphatic rings. The highest BCUT2D eigenvalue weighted by Crippen LogP contribution is 1.76. The second-order valence-corrected chi connectivity index (χ2v) is 1.03. The van der Waals surface area contributed by atoms with Crippen molar-refractivity contribution in [2.75, 3.05) is 7.05 Å². The Morgan fingerprint density at radius 1 is 1.56 bits per heavy atom. The van der Waals surface area contributed by atoms with Crippen LogP contribution in [0.1, 0.15) is 20.8 Å². The molecule has 0 atom stereocenters. The molecule has 0 spiro atoms. The van der Waals surface area contributed by atoms with Crippen molar-refractivity contribution in [2.45, 2.75) is 20.8 Å². The van der Waals surface area contributed by atoms with Gasteiger partial charge in [-0.25, -0.2) is 0 Å². The van der Waals surface area contributed by atoms with Gasteiger partial charge in [0.2, 0.25) is 0 Å². The fraction of sp³-hybridized carbons (Fsp3) is 0.571. The summed E-state index contributed by atoms with van der Waals surface area (Å²) >= 11 is 0. The molecule has 0 aromatic carbocycles. The van der Waals surface area contributed by atoms with Gasteiger partial charge in [-0.05, 0) is 0 Å². The molecule has 0 saturated carbocycles. The summed E-state index contributed by atoms with van der Waals surface area (Å²) in [4.78, 5) is 3.70. The molecule has 0 radical (unpaired) electrons. The fourth-order valence-corrected chi connectivity index (χ4v) is 0.173. The Morgan fingerprint density at radius 3 is 2.11 bits per heavy atom. The summed E-state index contributed by atoms with van der Waals surface area (Å²) in [5, 5.41) is 0. The smallest absolute Gasteiger partial charge is 0.185 e. The highest BCUT2D eigenvalue weighted by molar-refractivity contribution is 5.73. The van der Waals surface area contributed by atoms with E-state index in [1.807, 2.05) is 13.8 Å². The standard InChI is InChI=1S/C5H9NO.C2H6/c1-4-7-5(2)6-3;1-2/h4H,1H2,2-3H3;1-2H3. The molecule has 9 heavy (non-hydrogen) atoms. The maximum Gasteiger partial charge on any atom is 0.185 e. The highest BCUT2D eigenvalue weighted by atomic mass is 16.5. The van der Waals surface area contributed by atoms with Crippen molar-refractivity contribution in [2.24, 2.45) is 4.99 Å². The molecule has 0 bridgehead atoms. The normalized spacial score (nSPS) is 9.11. The number of hydrogen-bond donors (Lipinski definition) is 0. The maximum atomic E-state index is 4.70. The van der Waals surface area contributed by atoms with Crippen LogP contribution in [0.3, 0.4) is 0 Å². The van der Waals surface area contributed by atoms with Gasteiger partial charge < -0.3 is 4.74 Å². The van der Waals surface area contributed by atoms with Crippen LogP contribution in [0.2, 0.25) is 0 Å². The number of ether oxygens (including phenoxy) is 1. The van der Waals surface area contributed by atoms with Crippen LogP contribution in [0.25, 0.3) is 0 Å². The Kier molecular flexibility index (Phi) is 12.6. The molecule has 0 saturated heterocycles. The van der Waals surface area contributed by atoms with Gasteiger partial charge in [-0.2, -0.15) is 0 Å². The van der Waals surface area contributed by atoms with Gasteiger partial charge in [0.05, 0.1) is 6.26 Å². The second-order valence-electron chi connectivity index (χ2n) is 1.03. The van der Waals surface area contributed by atoms with E-state index in [4.69, 9.17) is 4.74 Å². The molecule has 54 valence electrons. The summed E-state index contributed by atoms with van der Waals surface area (Å²) in [6, 6.07) is 0. The van der Waals surface area contributed by atoms with Gasteiger partial charge >= 0.3 is 0 Å². The Balaban J connectivity index is 0. The first kappa shape index (κ1) is 11.1. The molecule has 0 fully saturated rings. The summed E-state index contributed by atoms with van der Waals surface area (Å²) in [5.41, 5.74) is 0. The number of aliphatic imine (C=N–C) groups is 1. The molecule has 0 aliphatic heterocycles. The monoisotopic (exact) mass is 129 g/mol. The Labute approximate surface area is 57.3 Å². The summed E-state index contributed by atoms with van der Waals surface area (Å²) in [5.74, 6) is 0.634. The quantitative estimate of drug-likeness (QED) is 0.302. The van der Waals surface area contributed by atoms with Crippen LogP contribution in [0, 0.1) is 0 Å². The Bertz CT molecular complexity index is 86.9. The molecule has 2 nitrogen and oxygen atoms in total. The second kappa shape index (κ2) is 10.2. The van der Waals surface area contributed by atoms with E-state index < -0.39 is 0 Å². The van der Waals surface area contributed by atoms with Crippen LogP contribution >= 0.6 is 0 Å². The molecule has 0 N–H and O–H groups in total. The van der Waals surface area contributed by atoms with E-state index in [1.165, 1.54) is 6.26 Å². The van der Waals surface area contributed by atoms with Crippen LogP contribution in [-0.4, -0.2) is 12.9 Å². The lowest BCUT2D eigenvalue weighted by Crippen LogP contribution is -1.89. The molecule has 2 heteroatoms. The zero-order chi connectivity index (χ0) is 7.70. The minimum absolute atomic E-state index is 0.634. The van der Waals surface area contributed by atoms with Gasteiger partial charge in [0.25, 0.3) is 0 Å². The molecule has 0 aromatic rings. The molecular weight excluding hydrogens is 114 g/mol. The van der Waals surface area contributed by atoms with Crippen LogP contribution in [-0.2, 0) is 4.74 Å². The van der Waals surface area contributed by atoms with E-state index in [0.29, 0.717) is 5.90 Å². The van der Waals surface area contributed by atoms with E-state index in [2.05, 4.69) is 11.6 Å². The van der Waals surface area contributed by atoms with E-state index in [1.54, 1.807) is 14.0 Å². The van der Waals surface area contributed by atoms with E-state index in [0.717, 1.165) is 0 Å². The van der Waals surface area contributed by atoms with E-state index in [-0.39, 0.29) is 0 Å². The van der Waals surface area contributed by atoms with Gasteiger partial charge in [0.1, 0.15) is 0 Å². The Hall–Kier alpha value is -0.790. The molecule has 0 aliphatic carbocycles. The van der Waals surface area contributed by atoms with Gasteiger partial charge in [0.15, 0.2) is 5.90 Å². The van der Waals surface area contributed by atoms with Gasteiger partial charge in [0, 0.05) is 14.0 Å². The van der Waals surface area contributed by atoms with Crippen molar-refractivity contribution < 1.29 is 4.74 Å². The third-order valence-corrected chi connectivity index (χ3v) is 0.569. The average molecular weight is 129 g/mol. The fourth-order valence-electron chi connectivity index (χ4n) is 0.173. The van der Waals surface area contributed by atoms with E-state index >= 15 is 0 Å². The summed E-state index contributed by atoms with van der Waals surface area (Å²) < 4.78 is 4.70. The first-order valence-corrected chi connectivity index (χ1v) is 3.02. The highest BCUT2D eigenvalue weighted by Gasteiger charge is 1.77. The first-order valence-electron chi connectivity index (χ1n) is 3.02. The lowest BCUT2D eigenvalue weighted by atomic mass is 10.8. The van der Waals surface area contributed by atoms with Crippen LogP contribution in [0.15, 0.2) is 17.8 Å². The molecule has 0 heterocycles. The summed E-state index contributed by atoms with van der Waals surface area (Å²) in [6.07, 6.45) is 1.35. The number of hydrogen-bond acceptors (Lipinski definition) is 2. The largest absolute Gasteiger partial charge is 0.452 e. The predicted octanol–water partition coefficient (Wildman–Crippen LogP) is 2.22. The third kappa shape index (κ3) is 11.0. The molecule has 0 aromatic heterocycles. The molecular formula is C7H15NO. The molecule has 0 unspecified atom stereocenters. The molecule has 0 amide bonds. The molecule has 0 rings (SSSR count). The lowest BCUT2D eigenvalue weighted by molar-refractivity contribution is 0.469. The minimum Gasteiger partial charge on any atom is -0.452 e. The van der Waals surface area contributed by atoms with Crippen molar-refractivity contribution in [3.8, 4) is 0 Å². The van der Waals surface area contributed by atoms with Crippen LogP contribution in [0.4, 0.5) is 0 Å². The maximum absolute atomic E-state index is 4.70. The van der Waals surface area contributed by atoms with Crippen molar-refractivity contribution in [3.63, 3.8) is 0 Å². The third-order valence-electron chi connectivity index (χ3n) is 0.569. The van der Waals surface area contributed by atoms with Gasteiger partial charge in [-0.3, -0.25) is 4.99 Å². The zero-order valence-electron chi connectivity index (χ0n) is 6.64. The first-order chi connectivity index (χ1) is 4.31. The zero-order valence-corrected chi connectivity index (χ0v) is 6.64. The minimum atomic E-state index is 0.634. The van der Waals surface area contributed by atoms with Crippen molar-refractivity contribution in [3.05, 3.63) is 12.8 Å². The number of rotatable bonds is 1. The van der Waals surface area contributed by atoms with Crippen molar-refractivity contribution in [1.82, 2.24) is 0 Å². The Morgan fingerprint density at radius 2 is 2.00 bits per heavy atom. The van der Waals surface area contributed by atoms with Gasteiger partial charge in [-0.1, -0.05) is 20.4 Å². The predicted molar refractivity (Wildman–Crippen MR) is 41.7 cm³/mol. The van der Waals surface area contributed by atoms with E-state index in [9.17, 15) is 0 Å². The van der Waals surface area contributed by atoms with Crippen molar-refractivity contribution >= 4 is 5.90 Å². The number of nitrogens with zero attached hydrogens (tertiary/aromatic N) is 1. The van der Waals surface area contributed by atoms with Crippen molar-refractivity contribution in [1.29, 1.82) is 0 Å². The summed E-state index contributed by atoms with van der Waals surface area (Å²) in [7, 11) is 1.67. The van der Waals surface area contributed by atoms with Gasteiger partial charge in [-0.15, -0.1) is 0 Å². The summed E-state index contributed by atoms with van der Waals surface area (Å²) in [6.45, 7) is 9.11. The topological polar surface area (TPSA) is 21.6 Å². The SMILES string of the molecule is C=COC(C)=NC.CC. The van der Waals surface area contributed by atoms with Crippen LogP contribution < -0.4 is 0 Å². The lowest BCUT2D eigenvalue weighted by Gasteiger charge is -1.91. The van der Waals surface area contributed by atoms with Crippen LogP contribution in [0.5, 0.6) is 0 Å². The average Bonchev–Trinajstić information content (AvgIpc) is 1.93.